The molecule has 0 N–H and O–H groups in total. The molecule has 0 aromatic rings. The van der Waals surface area contributed by atoms with E-state index in [9.17, 15) is 4.79 Å². The number of piperidine rings is 1. The van der Waals surface area contributed by atoms with Crippen molar-refractivity contribution >= 4 is 5.91 Å². The van der Waals surface area contributed by atoms with Crippen LogP contribution in [0, 0.1) is 5.41 Å². The highest BCUT2D eigenvalue weighted by Crippen LogP contribution is 2.35. The number of piperazine rings is 1. The Morgan fingerprint density at radius 1 is 0.739 bits per heavy atom. The standard InChI is InChI=1S/C19H37N3O/c1-17(2,3)21-10-8-19(7,9-11-21)16(23)20-12-14-22(15-13-20)18(4,5)6/h8-15H2,1-7H3. The van der Waals surface area contributed by atoms with Crippen molar-refractivity contribution in [2.45, 2.75) is 72.4 Å². The van der Waals surface area contributed by atoms with Crippen LogP contribution < -0.4 is 0 Å². The number of hydrogen-bond acceptors (Lipinski definition) is 3. The summed E-state index contributed by atoms with van der Waals surface area (Å²) in [4.78, 5) is 20.2. The van der Waals surface area contributed by atoms with Gasteiger partial charge < -0.3 is 4.90 Å². The average Bonchev–Trinajstić information content (AvgIpc) is 2.45. The van der Waals surface area contributed by atoms with E-state index in [0.717, 1.165) is 52.1 Å². The molecular weight excluding hydrogens is 286 g/mol. The summed E-state index contributed by atoms with van der Waals surface area (Å²) in [5, 5.41) is 0. The number of likely N-dealkylation sites (tertiary alicyclic amines) is 1. The highest BCUT2D eigenvalue weighted by Gasteiger charge is 2.42. The molecule has 2 rings (SSSR count). The first-order valence-corrected chi connectivity index (χ1v) is 9.23. The Morgan fingerprint density at radius 2 is 1.13 bits per heavy atom. The maximum Gasteiger partial charge on any atom is 0.228 e. The molecule has 134 valence electrons. The van der Waals surface area contributed by atoms with Crippen molar-refractivity contribution in [3.63, 3.8) is 0 Å². The number of carbonyl (C=O) groups is 1. The summed E-state index contributed by atoms with van der Waals surface area (Å²) in [7, 11) is 0. The molecule has 2 heterocycles. The topological polar surface area (TPSA) is 26.8 Å². The Bertz CT molecular complexity index is 417. The minimum absolute atomic E-state index is 0.161. The van der Waals surface area contributed by atoms with E-state index in [0.29, 0.717) is 5.91 Å². The summed E-state index contributed by atoms with van der Waals surface area (Å²) in [5.41, 5.74) is 0.255. The fraction of sp³-hybridized carbons (Fsp3) is 0.947. The molecule has 0 aromatic carbocycles. The van der Waals surface area contributed by atoms with Gasteiger partial charge in [-0.25, -0.2) is 0 Å². The zero-order valence-electron chi connectivity index (χ0n) is 16.4. The highest BCUT2D eigenvalue weighted by molar-refractivity contribution is 5.82. The third-order valence-electron chi connectivity index (χ3n) is 5.85. The lowest BCUT2D eigenvalue weighted by Crippen LogP contribution is -2.58. The van der Waals surface area contributed by atoms with Gasteiger partial charge in [0.15, 0.2) is 0 Å². The van der Waals surface area contributed by atoms with Crippen LogP contribution in [-0.2, 0) is 4.79 Å². The third kappa shape index (κ3) is 4.27. The van der Waals surface area contributed by atoms with Crippen LogP contribution in [0.4, 0.5) is 0 Å². The van der Waals surface area contributed by atoms with Gasteiger partial charge in [-0.2, -0.15) is 0 Å². The van der Waals surface area contributed by atoms with Gasteiger partial charge in [0.1, 0.15) is 0 Å². The van der Waals surface area contributed by atoms with Crippen molar-refractivity contribution in [3.05, 3.63) is 0 Å². The van der Waals surface area contributed by atoms with Crippen molar-refractivity contribution in [2.75, 3.05) is 39.3 Å². The van der Waals surface area contributed by atoms with Gasteiger partial charge in [0, 0.05) is 42.7 Å². The van der Waals surface area contributed by atoms with Crippen molar-refractivity contribution < 1.29 is 4.79 Å². The van der Waals surface area contributed by atoms with Crippen LogP contribution in [0.2, 0.25) is 0 Å². The van der Waals surface area contributed by atoms with Crippen molar-refractivity contribution in [3.8, 4) is 0 Å². The van der Waals surface area contributed by atoms with E-state index in [-0.39, 0.29) is 16.5 Å². The van der Waals surface area contributed by atoms with Gasteiger partial charge in [-0.3, -0.25) is 14.6 Å². The summed E-state index contributed by atoms with van der Waals surface area (Å²) in [6.45, 7) is 21.6. The monoisotopic (exact) mass is 323 g/mol. The van der Waals surface area contributed by atoms with E-state index in [1.54, 1.807) is 0 Å². The van der Waals surface area contributed by atoms with Crippen molar-refractivity contribution in [1.29, 1.82) is 0 Å². The number of hydrogen-bond donors (Lipinski definition) is 0. The van der Waals surface area contributed by atoms with Gasteiger partial charge >= 0.3 is 0 Å². The first-order valence-electron chi connectivity index (χ1n) is 9.23. The molecule has 0 bridgehead atoms. The molecule has 0 unspecified atom stereocenters. The summed E-state index contributed by atoms with van der Waals surface area (Å²) in [6, 6.07) is 0. The molecule has 4 nitrogen and oxygen atoms in total. The average molecular weight is 324 g/mol. The first-order chi connectivity index (χ1) is 10.4. The summed E-state index contributed by atoms with van der Waals surface area (Å²) < 4.78 is 0. The number of nitrogens with zero attached hydrogens (tertiary/aromatic N) is 3. The van der Waals surface area contributed by atoms with Gasteiger partial charge in [0.05, 0.1) is 0 Å². The molecule has 0 radical (unpaired) electrons. The van der Waals surface area contributed by atoms with Crippen LogP contribution in [0.3, 0.4) is 0 Å². The summed E-state index contributed by atoms with van der Waals surface area (Å²) in [5.74, 6) is 0.389. The molecule has 1 amide bonds. The zero-order valence-corrected chi connectivity index (χ0v) is 16.4. The molecule has 0 spiro atoms. The van der Waals surface area contributed by atoms with E-state index in [4.69, 9.17) is 0 Å². The van der Waals surface area contributed by atoms with Crippen LogP contribution in [0.5, 0.6) is 0 Å². The maximum absolute atomic E-state index is 13.1. The molecule has 2 aliphatic heterocycles. The van der Waals surface area contributed by atoms with Crippen LogP contribution >= 0.6 is 0 Å². The summed E-state index contributed by atoms with van der Waals surface area (Å²) >= 11 is 0. The quantitative estimate of drug-likeness (QED) is 0.742. The van der Waals surface area contributed by atoms with Gasteiger partial charge in [0.25, 0.3) is 0 Å². The molecule has 0 atom stereocenters. The molecule has 2 aliphatic rings. The molecule has 4 heteroatoms. The molecule has 0 aliphatic carbocycles. The lowest BCUT2D eigenvalue weighted by atomic mass is 9.78. The second-order valence-electron chi connectivity index (χ2n) is 9.67. The third-order valence-corrected chi connectivity index (χ3v) is 5.85. The second kappa shape index (κ2) is 6.36. The lowest BCUT2D eigenvalue weighted by Gasteiger charge is -2.48. The van der Waals surface area contributed by atoms with Crippen LogP contribution in [0.15, 0.2) is 0 Å². The Labute approximate surface area is 143 Å². The summed E-state index contributed by atoms with van der Waals surface area (Å²) in [6.07, 6.45) is 1.98. The number of rotatable bonds is 1. The lowest BCUT2D eigenvalue weighted by molar-refractivity contribution is -0.147. The van der Waals surface area contributed by atoms with Crippen LogP contribution in [-0.4, -0.2) is 71.0 Å². The Hall–Kier alpha value is -0.610. The van der Waals surface area contributed by atoms with E-state index in [1.807, 2.05) is 0 Å². The fourth-order valence-corrected chi connectivity index (χ4v) is 3.85. The second-order valence-corrected chi connectivity index (χ2v) is 9.67. The zero-order chi connectivity index (χ0) is 17.5. The van der Waals surface area contributed by atoms with E-state index >= 15 is 0 Å². The normalized spacial score (nSPS) is 24.7. The molecule has 2 saturated heterocycles. The number of amides is 1. The Balaban J connectivity index is 1.92. The van der Waals surface area contributed by atoms with Gasteiger partial charge in [-0.15, -0.1) is 0 Å². The number of carbonyl (C=O) groups excluding carboxylic acids is 1. The fourth-order valence-electron chi connectivity index (χ4n) is 3.85. The van der Waals surface area contributed by atoms with Gasteiger partial charge in [0.2, 0.25) is 5.91 Å². The van der Waals surface area contributed by atoms with E-state index in [1.165, 1.54) is 0 Å². The molecule has 2 fully saturated rings. The minimum atomic E-state index is -0.161. The molecule has 0 saturated carbocycles. The van der Waals surface area contributed by atoms with Crippen molar-refractivity contribution in [1.82, 2.24) is 14.7 Å². The molecule has 0 aromatic heterocycles. The SMILES string of the molecule is CC1(C(=O)N2CCN(C(C)(C)C)CC2)CCN(C(C)(C)C)CC1. The minimum Gasteiger partial charge on any atom is -0.340 e. The highest BCUT2D eigenvalue weighted by atomic mass is 16.2. The largest absolute Gasteiger partial charge is 0.340 e. The van der Waals surface area contributed by atoms with Gasteiger partial charge in [-0.1, -0.05) is 6.92 Å². The first kappa shape index (κ1) is 18.7. The predicted octanol–water partition coefficient (Wildman–Crippen LogP) is 2.83. The maximum atomic E-state index is 13.1. The van der Waals surface area contributed by atoms with E-state index in [2.05, 4.69) is 63.2 Å². The van der Waals surface area contributed by atoms with Crippen LogP contribution in [0.1, 0.15) is 61.3 Å². The van der Waals surface area contributed by atoms with E-state index < -0.39 is 0 Å². The van der Waals surface area contributed by atoms with Gasteiger partial charge in [-0.05, 0) is 67.5 Å². The van der Waals surface area contributed by atoms with Crippen molar-refractivity contribution in [2.24, 2.45) is 5.41 Å². The van der Waals surface area contributed by atoms with Crippen LogP contribution in [0.25, 0.3) is 0 Å². The molecular formula is C19H37N3O. The smallest absolute Gasteiger partial charge is 0.228 e. The predicted molar refractivity (Wildman–Crippen MR) is 96.6 cm³/mol. The molecule has 23 heavy (non-hydrogen) atoms. The Morgan fingerprint density at radius 3 is 1.52 bits per heavy atom. The Kier molecular flexibility index (Phi) is 5.18.